The van der Waals surface area contributed by atoms with Gasteiger partial charge in [-0.2, -0.15) is 0 Å². The average Bonchev–Trinajstić information content (AvgIpc) is 2.15. The number of carbonyl (C=O) groups is 1. The fourth-order valence-corrected chi connectivity index (χ4v) is 1.99. The molecule has 0 atom stereocenters. The molecule has 0 bridgehead atoms. The van der Waals surface area contributed by atoms with Crippen LogP contribution in [0.25, 0.3) is 0 Å². The van der Waals surface area contributed by atoms with E-state index in [9.17, 15) is 4.79 Å². The van der Waals surface area contributed by atoms with Gasteiger partial charge in [-0.15, -0.1) is 0 Å². The molecule has 17 heavy (non-hydrogen) atoms. The Hall–Kier alpha value is -0.670. The molecule has 1 rings (SSSR count). The van der Waals surface area contributed by atoms with E-state index in [4.69, 9.17) is 0 Å². The van der Waals surface area contributed by atoms with Crippen molar-refractivity contribution in [2.45, 2.75) is 39.2 Å². The number of carbonyl (C=O) groups excluding carboxylic acids is 1. The molecule has 0 fully saturated rings. The number of hydrogen-bond acceptors (Lipinski definition) is 2. The number of benzene rings is 1. The lowest BCUT2D eigenvalue weighted by atomic mass is 10.1. The van der Waals surface area contributed by atoms with Gasteiger partial charge in [-0.1, -0.05) is 28.1 Å². The van der Waals surface area contributed by atoms with E-state index in [1.54, 1.807) is 0 Å². The van der Waals surface area contributed by atoms with E-state index >= 15 is 0 Å². The summed E-state index contributed by atoms with van der Waals surface area (Å²) in [6, 6.07) is 7.91. The largest absolute Gasteiger partial charge is 0.312 e. The Labute approximate surface area is 112 Å². The summed E-state index contributed by atoms with van der Waals surface area (Å²) >= 11 is 3.41. The Balaban J connectivity index is 2.35. The molecule has 0 saturated carbocycles. The van der Waals surface area contributed by atoms with Crippen LogP contribution in [0.1, 0.15) is 32.8 Å². The molecule has 0 aliphatic carbocycles. The SMILES string of the molecule is CC(C)(C)NCCC(=O)Cc1cccc(Br)c1. The van der Waals surface area contributed by atoms with E-state index in [0.29, 0.717) is 12.8 Å². The van der Waals surface area contributed by atoms with E-state index in [2.05, 4.69) is 42.0 Å². The van der Waals surface area contributed by atoms with Gasteiger partial charge in [0.05, 0.1) is 0 Å². The van der Waals surface area contributed by atoms with Gasteiger partial charge in [0.2, 0.25) is 0 Å². The standard InChI is InChI=1S/C14H20BrNO/c1-14(2,3)16-8-7-13(17)10-11-5-4-6-12(15)9-11/h4-6,9,16H,7-8,10H2,1-3H3. The van der Waals surface area contributed by atoms with E-state index < -0.39 is 0 Å². The van der Waals surface area contributed by atoms with E-state index in [-0.39, 0.29) is 11.3 Å². The summed E-state index contributed by atoms with van der Waals surface area (Å²) < 4.78 is 1.02. The summed E-state index contributed by atoms with van der Waals surface area (Å²) in [5, 5.41) is 3.32. The molecule has 0 aliphatic rings. The molecular weight excluding hydrogens is 278 g/mol. The maximum atomic E-state index is 11.8. The topological polar surface area (TPSA) is 29.1 Å². The maximum Gasteiger partial charge on any atom is 0.138 e. The molecule has 0 saturated heterocycles. The quantitative estimate of drug-likeness (QED) is 0.903. The van der Waals surface area contributed by atoms with Crippen LogP contribution in [0.4, 0.5) is 0 Å². The van der Waals surface area contributed by atoms with Crippen molar-refractivity contribution in [3.8, 4) is 0 Å². The number of hydrogen-bond donors (Lipinski definition) is 1. The molecule has 0 unspecified atom stereocenters. The third kappa shape index (κ3) is 6.59. The molecule has 2 nitrogen and oxygen atoms in total. The second-order valence-corrected chi connectivity index (χ2v) is 6.19. The molecule has 1 aromatic carbocycles. The third-order valence-electron chi connectivity index (χ3n) is 2.35. The van der Waals surface area contributed by atoms with Gasteiger partial charge in [0, 0.05) is 29.4 Å². The van der Waals surface area contributed by atoms with Crippen LogP contribution in [0, 0.1) is 0 Å². The lowest BCUT2D eigenvalue weighted by Crippen LogP contribution is -2.37. The highest BCUT2D eigenvalue weighted by atomic mass is 79.9. The van der Waals surface area contributed by atoms with Crippen LogP contribution in [0.2, 0.25) is 0 Å². The van der Waals surface area contributed by atoms with Crippen LogP contribution < -0.4 is 5.32 Å². The Morgan fingerprint density at radius 3 is 2.65 bits per heavy atom. The minimum absolute atomic E-state index is 0.0794. The van der Waals surface area contributed by atoms with Gasteiger partial charge < -0.3 is 5.32 Å². The fourth-order valence-electron chi connectivity index (χ4n) is 1.54. The highest BCUT2D eigenvalue weighted by molar-refractivity contribution is 9.10. The van der Waals surface area contributed by atoms with Crippen molar-refractivity contribution in [3.05, 3.63) is 34.3 Å². The van der Waals surface area contributed by atoms with Crippen molar-refractivity contribution in [1.82, 2.24) is 5.32 Å². The first-order valence-electron chi connectivity index (χ1n) is 5.88. The predicted octanol–water partition coefficient (Wildman–Crippen LogP) is 3.34. The molecule has 0 spiro atoms. The smallest absolute Gasteiger partial charge is 0.138 e. The normalized spacial score (nSPS) is 11.5. The predicted molar refractivity (Wildman–Crippen MR) is 75.2 cm³/mol. The van der Waals surface area contributed by atoms with Gasteiger partial charge in [0.1, 0.15) is 5.78 Å². The molecule has 0 aliphatic heterocycles. The monoisotopic (exact) mass is 297 g/mol. The van der Waals surface area contributed by atoms with Crippen LogP contribution in [0.5, 0.6) is 0 Å². The maximum absolute atomic E-state index is 11.8. The molecular formula is C14H20BrNO. The minimum Gasteiger partial charge on any atom is -0.312 e. The number of nitrogens with one attached hydrogen (secondary N) is 1. The highest BCUT2D eigenvalue weighted by Gasteiger charge is 2.10. The molecule has 1 N–H and O–H groups in total. The van der Waals surface area contributed by atoms with Gasteiger partial charge in [-0.05, 0) is 38.5 Å². The van der Waals surface area contributed by atoms with Crippen molar-refractivity contribution < 1.29 is 4.79 Å². The Kier molecular flexibility index (Phi) is 5.34. The van der Waals surface area contributed by atoms with Crippen LogP contribution in [-0.4, -0.2) is 17.9 Å². The average molecular weight is 298 g/mol. The van der Waals surface area contributed by atoms with Crippen molar-refractivity contribution in [2.75, 3.05) is 6.54 Å². The summed E-state index contributed by atoms with van der Waals surface area (Å²) in [7, 11) is 0. The summed E-state index contributed by atoms with van der Waals surface area (Å²) in [6.07, 6.45) is 1.11. The molecule has 0 aromatic heterocycles. The molecule has 94 valence electrons. The first-order chi connectivity index (χ1) is 7.87. The summed E-state index contributed by atoms with van der Waals surface area (Å²) in [6.45, 7) is 7.06. The minimum atomic E-state index is 0.0794. The number of ketones is 1. The van der Waals surface area contributed by atoms with E-state index in [1.807, 2.05) is 24.3 Å². The molecule has 0 amide bonds. The van der Waals surface area contributed by atoms with Gasteiger partial charge in [0.15, 0.2) is 0 Å². The van der Waals surface area contributed by atoms with Crippen LogP contribution in [0.15, 0.2) is 28.7 Å². The second kappa shape index (κ2) is 6.31. The first kappa shape index (κ1) is 14.4. The zero-order valence-corrected chi connectivity index (χ0v) is 12.3. The molecule has 0 radical (unpaired) electrons. The van der Waals surface area contributed by atoms with Crippen molar-refractivity contribution in [2.24, 2.45) is 0 Å². The Bertz CT molecular complexity index is 382. The summed E-state index contributed by atoms with van der Waals surface area (Å²) in [5.41, 5.74) is 1.15. The van der Waals surface area contributed by atoms with E-state index in [0.717, 1.165) is 16.6 Å². The number of halogens is 1. The van der Waals surface area contributed by atoms with Gasteiger partial charge >= 0.3 is 0 Å². The van der Waals surface area contributed by atoms with Crippen LogP contribution >= 0.6 is 15.9 Å². The van der Waals surface area contributed by atoms with Gasteiger partial charge in [0.25, 0.3) is 0 Å². The van der Waals surface area contributed by atoms with Crippen LogP contribution in [-0.2, 0) is 11.2 Å². The van der Waals surface area contributed by atoms with E-state index in [1.165, 1.54) is 0 Å². The van der Waals surface area contributed by atoms with Crippen molar-refractivity contribution in [3.63, 3.8) is 0 Å². The highest BCUT2D eigenvalue weighted by Crippen LogP contribution is 2.12. The molecule has 3 heteroatoms. The third-order valence-corrected chi connectivity index (χ3v) is 2.84. The lowest BCUT2D eigenvalue weighted by molar-refractivity contribution is -0.118. The Morgan fingerprint density at radius 1 is 1.35 bits per heavy atom. The fraction of sp³-hybridized carbons (Fsp3) is 0.500. The van der Waals surface area contributed by atoms with Crippen LogP contribution in [0.3, 0.4) is 0 Å². The molecule has 0 heterocycles. The summed E-state index contributed by atoms with van der Waals surface area (Å²) in [5.74, 6) is 0.278. The Morgan fingerprint density at radius 2 is 2.06 bits per heavy atom. The van der Waals surface area contributed by atoms with Gasteiger partial charge in [-0.25, -0.2) is 0 Å². The zero-order chi connectivity index (χ0) is 12.9. The lowest BCUT2D eigenvalue weighted by Gasteiger charge is -2.20. The number of rotatable bonds is 5. The summed E-state index contributed by atoms with van der Waals surface area (Å²) in [4.78, 5) is 11.8. The van der Waals surface area contributed by atoms with Gasteiger partial charge in [-0.3, -0.25) is 4.79 Å². The van der Waals surface area contributed by atoms with Crippen molar-refractivity contribution in [1.29, 1.82) is 0 Å². The van der Waals surface area contributed by atoms with Crippen molar-refractivity contribution >= 4 is 21.7 Å². The second-order valence-electron chi connectivity index (χ2n) is 5.27. The molecule has 1 aromatic rings. The number of Topliss-reactive ketones (excluding diaryl/α,β-unsaturated/α-hetero) is 1. The zero-order valence-electron chi connectivity index (χ0n) is 10.7. The first-order valence-corrected chi connectivity index (χ1v) is 6.67.